The molecule has 1 aromatic heterocycles. The first-order valence-electron chi connectivity index (χ1n) is 9.24. The maximum atomic E-state index is 13.1. The zero-order chi connectivity index (χ0) is 16.4. The van der Waals surface area contributed by atoms with Crippen molar-refractivity contribution >= 4 is 17.2 Å². The van der Waals surface area contributed by atoms with Crippen molar-refractivity contribution in [3.05, 3.63) is 21.9 Å². The maximum Gasteiger partial charge on any atom is 0.239 e. The summed E-state index contributed by atoms with van der Waals surface area (Å²) < 4.78 is 0. The molecule has 3 unspecified atom stereocenters. The summed E-state index contributed by atoms with van der Waals surface area (Å²) >= 11 is 1.89. The minimum absolute atomic E-state index is 0.0112. The molecule has 0 aliphatic carbocycles. The molecule has 1 amide bonds. The summed E-state index contributed by atoms with van der Waals surface area (Å²) in [6.45, 7) is 8.52. The van der Waals surface area contributed by atoms with Crippen LogP contribution in [-0.4, -0.2) is 40.9 Å². The number of thiophene rings is 1. The van der Waals surface area contributed by atoms with Crippen LogP contribution in [0.15, 0.2) is 12.1 Å². The number of hydrogen-bond donors (Lipinski definition) is 0. The smallest absolute Gasteiger partial charge is 0.239 e. The largest absolute Gasteiger partial charge is 0.338 e. The Morgan fingerprint density at radius 1 is 1.26 bits per heavy atom. The lowest BCUT2D eigenvalue weighted by molar-refractivity contribution is -0.140. The molecule has 0 aromatic carbocycles. The number of piperidine rings is 1. The monoisotopic (exact) mass is 334 g/mol. The van der Waals surface area contributed by atoms with Crippen LogP contribution in [-0.2, 0) is 4.79 Å². The van der Waals surface area contributed by atoms with Gasteiger partial charge in [0.25, 0.3) is 0 Å². The highest BCUT2D eigenvalue weighted by Crippen LogP contribution is 2.37. The lowest BCUT2D eigenvalue weighted by Crippen LogP contribution is -2.52. The Morgan fingerprint density at radius 3 is 2.78 bits per heavy atom. The van der Waals surface area contributed by atoms with E-state index in [4.69, 9.17) is 0 Å². The van der Waals surface area contributed by atoms with Crippen molar-refractivity contribution in [2.45, 2.75) is 77.4 Å². The normalized spacial score (nSPS) is 27.3. The van der Waals surface area contributed by atoms with Gasteiger partial charge >= 0.3 is 0 Å². The van der Waals surface area contributed by atoms with Crippen LogP contribution < -0.4 is 0 Å². The van der Waals surface area contributed by atoms with Gasteiger partial charge in [-0.1, -0.05) is 6.92 Å². The summed E-state index contributed by atoms with van der Waals surface area (Å²) in [7, 11) is 0. The lowest BCUT2D eigenvalue weighted by Gasteiger charge is -2.39. The van der Waals surface area contributed by atoms with E-state index in [0.717, 1.165) is 19.5 Å². The van der Waals surface area contributed by atoms with Crippen LogP contribution in [0.2, 0.25) is 0 Å². The van der Waals surface area contributed by atoms with Gasteiger partial charge < -0.3 is 4.90 Å². The van der Waals surface area contributed by atoms with E-state index in [1.807, 2.05) is 11.3 Å². The minimum atomic E-state index is 0.0112. The van der Waals surface area contributed by atoms with Gasteiger partial charge in [0.1, 0.15) is 0 Å². The third kappa shape index (κ3) is 3.48. The Bertz CT molecular complexity index is 541. The molecule has 4 heteroatoms. The van der Waals surface area contributed by atoms with Gasteiger partial charge in [0, 0.05) is 28.4 Å². The first kappa shape index (κ1) is 17.0. The molecule has 2 aliphatic heterocycles. The molecular formula is C19H30N2OS. The SMILES string of the molecule is CCC1CCCCN1C(=O)C(C)N1CCCC1c1ccc(C)s1. The van der Waals surface area contributed by atoms with Crippen molar-refractivity contribution < 1.29 is 4.79 Å². The zero-order valence-corrected chi connectivity index (χ0v) is 15.6. The molecule has 3 heterocycles. The molecule has 3 nitrogen and oxygen atoms in total. The van der Waals surface area contributed by atoms with E-state index in [1.165, 1.54) is 41.9 Å². The van der Waals surface area contributed by atoms with Gasteiger partial charge in [0.15, 0.2) is 0 Å². The van der Waals surface area contributed by atoms with E-state index >= 15 is 0 Å². The molecule has 23 heavy (non-hydrogen) atoms. The molecule has 2 fully saturated rings. The van der Waals surface area contributed by atoms with E-state index in [2.05, 4.69) is 42.7 Å². The van der Waals surface area contributed by atoms with Crippen LogP contribution >= 0.6 is 11.3 Å². The Balaban J connectivity index is 1.73. The number of likely N-dealkylation sites (tertiary alicyclic amines) is 2. The van der Waals surface area contributed by atoms with Gasteiger partial charge in [-0.3, -0.25) is 9.69 Å². The van der Waals surface area contributed by atoms with Gasteiger partial charge in [0.2, 0.25) is 5.91 Å². The van der Waals surface area contributed by atoms with Crippen LogP contribution in [0, 0.1) is 6.92 Å². The second kappa shape index (κ2) is 7.35. The van der Waals surface area contributed by atoms with Gasteiger partial charge in [0.05, 0.1) is 6.04 Å². The predicted octanol–water partition coefficient (Wildman–Crippen LogP) is 4.37. The molecule has 0 spiro atoms. The summed E-state index contributed by atoms with van der Waals surface area (Å²) in [6, 6.07) is 5.38. The number of nitrogens with zero attached hydrogens (tertiary/aromatic N) is 2. The number of hydrogen-bond acceptors (Lipinski definition) is 3. The maximum absolute atomic E-state index is 13.1. The number of amides is 1. The highest BCUT2D eigenvalue weighted by molar-refractivity contribution is 7.12. The van der Waals surface area contributed by atoms with Crippen LogP contribution in [0.4, 0.5) is 0 Å². The number of rotatable bonds is 4. The molecule has 2 saturated heterocycles. The summed E-state index contributed by atoms with van der Waals surface area (Å²) in [5, 5.41) is 0. The lowest BCUT2D eigenvalue weighted by atomic mass is 9.99. The molecule has 0 radical (unpaired) electrons. The van der Waals surface area contributed by atoms with Crippen molar-refractivity contribution in [2.75, 3.05) is 13.1 Å². The summed E-state index contributed by atoms with van der Waals surface area (Å²) in [5.74, 6) is 0.358. The standard InChI is InChI=1S/C19H30N2OS/c1-4-16-8-5-6-12-21(16)19(22)15(3)20-13-7-9-17(20)18-11-10-14(2)23-18/h10-11,15-17H,4-9,12-13H2,1-3H3. The second-order valence-corrected chi connectivity index (χ2v) is 8.43. The number of carbonyl (C=O) groups excluding carboxylic acids is 1. The second-order valence-electron chi connectivity index (χ2n) is 7.11. The number of aryl methyl sites for hydroxylation is 1. The Kier molecular flexibility index (Phi) is 5.42. The van der Waals surface area contributed by atoms with E-state index in [9.17, 15) is 4.79 Å². The molecule has 1 aromatic rings. The fourth-order valence-electron chi connectivity index (χ4n) is 4.29. The summed E-state index contributed by atoms with van der Waals surface area (Å²) in [4.78, 5) is 20.6. The van der Waals surface area contributed by atoms with Crippen LogP contribution in [0.1, 0.15) is 68.2 Å². The van der Waals surface area contributed by atoms with Crippen molar-refractivity contribution in [1.82, 2.24) is 9.80 Å². The van der Waals surface area contributed by atoms with E-state index in [0.29, 0.717) is 18.0 Å². The van der Waals surface area contributed by atoms with Crippen molar-refractivity contribution in [2.24, 2.45) is 0 Å². The fraction of sp³-hybridized carbons (Fsp3) is 0.737. The van der Waals surface area contributed by atoms with E-state index in [-0.39, 0.29) is 6.04 Å². The molecule has 0 bridgehead atoms. The fourth-order valence-corrected chi connectivity index (χ4v) is 5.32. The molecule has 0 N–H and O–H groups in total. The first-order valence-corrected chi connectivity index (χ1v) is 10.1. The average molecular weight is 335 g/mol. The topological polar surface area (TPSA) is 23.6 Å². The van der Waals surface area contributed by atoms with Gasteiger partial charge in [-0.15, -0.1) is 11.3 Å². The quantitative estimate of drug-likeness (QED) is 0.816. The minimum Gasteiger partial charge on any atom is -0.338 e. The molecule has 0 saturated carbocycles. The van der Waals surface area contributed by atoms with Gasteiger partial charge in [-0.05, 0) is 71.0 Å². The van der Waals surface area contributed by atoms with Gasteiger partial charge in [-0.25, -0.2) is 0 Å². The molecule has 2 aliphatic rings. The molecule has 128 valence electrons. The number of carbonyl (C=O) groups is 1. The van der Waals surface area contributed by atoms with Crippen LogP contribution in [0.3, 0.4) is 0 Å². The molecule has 3 rings (SSSR count). The summed E-state index contributed by atoms with van der Waals surface area (Å²) in [6.07, 6.45) is 7.11. The zero-order valence-electron chi connectivity index (χ0n) is 14.8. The third-order valence-corrected chi connectivity index (χ3v) is 6.72. The first-order chi connectivity index (χ1) is 11.1. The van der Waals surface area contributed by atoms with Crippen molar-refractivity contribution in [3.63, 3.8) is 0 Å². The summed E-state index contributed by atoms with van der Waals surface area (Å²) in [5.41, 5.74) is 0. The Labute approximate surface area is 144 Å². The van der Waals surface area contributed by atoms with Crippen LogP contribution in [0.25, 0.3) is 0 Å². The highest BCUT2D eigenvalue weighted by atomic mass is 32.1. The Hall–Kier alpha value is -0.870. The van der Waals surface area contributed by atoms with Crippen molar-refractivity contribution in [1.29, 1.82) is 0 Å². The van der Waals surface area contributed by atoms with Crippen molar-refractivity contribution in [3.8, 4) is 0 Å². The van der Waals surface area contributed by atoms with E-state index < -0.39 is 0 Å². The third-order valence-electron chi connectivity index (χ3n) is 5.62. The predicted molar refractivity (Wildman–Crippen MR) is 96.8 cm³/mol. The molecule has 3 atom stereocenters. The Morgan fingerprint density at radius 2 is 2.09 bits per heavy atom. The highest BCUT2D eigenvalue weighted by Gasteiger charge is 2.37. The van der Waals surface area contributed by atoms with E-state index in [1.54, 1.807) is 0 Å². The van der Waals surface area contributed by atoms with Gasteiger partial charge in [-0.2, -0.15) is 0 Å². The molecular weight excluding hydrogens is 304 g/mol. The average Bonchev–Trinajstić information content (AvgIpc) is 3.21. The van der Waals surface area contributed by atoms with Crippen LogP contribution in [0.5, 0.6) is 0 Å².